The number of hydrogen-bond donors (Lipinski definition) is 3. The lowest BCUT2D eigenvalue weighted by molar-refractivity contribution is -0.136. The molecule has 1 atom stereocenters. The first kappa shape index (κ1) is 19.6. The fraction of sp³-hybridized carbons (Fsp3) is 0.158. The predicted octanol–water partition coefficient (Wildman–Crippen LogP) is 3.87. The molecule has 140 valence electrons. The molecule has 1 aromatic carbocycles. The van der Waals surface area contributed by atoms with Crippen LogP contribution in [0.15, 0.2) is 58.8 Å². The monoisotopic (exact) mass is 418 g/mol. The zero-order valence-corrected chi connectivity index (χ0v) is 16.9. The van der Waals surface area contributed by atoms with Crippen molar-refractivity contribution in [2.75, 3.05) is 11.6 Å². The molecule has 0 unspecified atom stereocenters. The first-order chi connectivity index (χ1) is 13.1. The van der Waals surface area contributed by atoms with Crippen LogP contribution in [0.2, 0.25) is 0 Å². The van der Waals surface area contributed by atoms with Crippen LogP contribution in [0.3, 0.4) is 0 Å². The van der Waals surface area contributed by atoms with Gasteiger partial charge in [0.1, 0.15) is 6.10 Å². The fourth-order valence-electron chi connectivity index (χ4n) is 2.40. The topological polar surface area (TPSA) is 78.4 Å². The number of aliphatic hydroxyl groups excluding tert-OH is 1. The second kappa shape index (κ2) is 9.18. The van der Waals surface area contributed by atoms with Crippen molar-refractivity contribution in [2.45, 2.75) is 17.5 Å². The van der Waals surface area contributed by atoms with E-state index in [9.17, 15) is 14.7 Å². The van der Waals surface area contributed by atoms with E-state index in [1.54, 1.807) is 12.1 Å². The van der Waals surface area contributed by atoms with Gasteiger partial charge in [0.25, 0.3) is 0 Å². The van der Waals surface area contributed by atoms with Crippen LogP contribution >= 0.6 is 34.4 Å². The van der Waals surface area contributed by atoms with E-state index in [4.69, 9.17) is 0 Å². The van der Waals surface area contributed by atoms with Gasteiger partial charge in [-0.1, -0.05) is 18.2 Å². The van der Waals surface area contributed by atoms with Gasteiger partial charge in [0.05, 0.1) is 12.2 Å². The average molecular weight is 419 g/mol. The van der Waals surface area contributed by atoms with Crippen molar-refractivity contribution in [3.63, 3.8) is 0 Å². The lowest BCUT2D eigenvalue weighted by Crippen LogP contribution is -2.34. The minimum atomic E-state index is -0.702. The van der Waals surface area contributed by atoms with Crippen molar-refractivity contribution < 1.29 is 14.7 Å². The Morgan fingerprint density at radius 3 is 2.63 bits per heavy atom. The number of para-hydroxylation sites is 1. The van der Waals surface area contributed by atoms with E-state index in [-0.39, 0.29) is 6.54 Å². The minimum absolute atomic E-state index is 0.234. The Morgan fingerprint density at radius 1 is 1.07 bits per heavy atom. The predicted molar refractivity (Wildman–Crippen MR) is 111 cm³/mol. The van der Waals surface area contributed by atoms with E-state index >= 15 is 0 Å². The second-order valence-corrected chi connectivity index (χ2v) is 8.59. The fourth-order valence-corrected chi connectivity index (χ4v) is 4.71. The van der Waals surface area contributed by atoms with E-state index in [1.165, 1.54) is 34.4 Å². The third-order valence-corrected chi connectivity index (χ3v) is 6.61. The molecule has 3 rings (SSSR count). The van der Waals surface area contributed by atoms with Crippen LogP contribution in [0, 0.1) is 0 Å². The summed E-state index contributed by atoms with van der Waals surface area (Å²) >= 11 is 4.40. The van der Waals surface area contributed by atoms with Gasteiger partial charge in [-0.2, -0.15) is 0 Å². The summed E-state index contributed by atoms with van der Waals surface area (Å²) in [6.07, 6.45) is 1.25. The molecular weight excluding hydrogens is 400 g/mol. The number of nitrogens with one attached hydrogen (secondary N) is 2. The molecule has 0 aliphatic heterocycles. The maximum Gasteiger partial charge on any atom is 0.313 e. The molecule has 5 nitrogen and oxygen atoms in total. The average Bonchev–Trinajstić information content (AvgIpc) is 3.38. The summed E-state index contributed by atoms with van der Waals surface area (Å²) in [4.78, 5) is 27.6. The number of carbonyl (C=O) groups excluding carboxylic acids is 2. The summed E-state index contributed by atoms with van der Waals surface area (Å²) in [6, 6.07) is 14.8. The number of benzene rings is 1. The normalized spacial score (nSPS) is 11.8. The molecule has 2 aromatic heterocycles. The van der Waals surface area contributed by atoms with Gasteiger partial charge in [-0.3, -0.25) is 9.59 Å². The first-order valence-electron chi connectivity index (χ1n) is 8.10. The van der Waals surface area contributed by atoms with Crippen LogP contribution in [0.5, 0.6) is 0 Å². The molecule has 27 heavy (non-hydrogen) atoms. The number of carbonyl (C=O) groups is 2. The van der Waals surface area contributed by atoms with Crippen LogP contribution in [0.4, 0.5) is 5.69 Å². The van der Waals surface area contributed by atoms with Gasteiger partial charge in [-0.15, -0.1) is 34.4 Å². The van der Waals surface area contributed by atoms with E-state index in [0.29, 0.717) is 5.69 Å². The summed E-state index contributed by atoms with van der Waals surface area (Å²) in [5, 5.41) is 17.5. The van der Waals surface area contributed by atoms with Gasteiger partial charge in [0.15, 0.2) is 0 Å². The van der Waals surface area contributed by atoms with Crippen molar-refractivity contribution >= 4 is 51.9 Å². The molecule has 0 fully saturated rings. The molecule has 2 heterocycles. The van der Waals surface area contributed by atoms with E-state index in [2.05, 4.69) is 10.6 Å². The van der Waals surface area contributed by atoms with E-state index < -0.39 is 17.9 Å². The van der Waals surface area contributed by atoms with Gasteiger partial charge >= 0.3 is 11.8 Å². The minimum Gasteiger partial charge on any atom is -0.382 e. The molecule has 0 bridgehead atoms. The number of anilines is 1. The molecule has 8 heteroatoms. The molecule has 2 amide bonds. The number of thioether (sulfide) groups is 1. The molecular formula is C19H18N2O3S3. The zero-order valence-electron chi connectivity index (χ0n) is 14.5. The molecule has 0 aliphatic rings. The maximum atomic E-state index is 12.1. The summed E-state index contributed by atoms with van der Waals surface area (Å²) in [5.41, 5.74) is 0.614. The van der Waals surface area contributed by atoms with Gasteiger partial charge < -0.3 is 15.7 Å². The lowest BCUT2D eigenvalue weighted by atomic mass is 10.2. The van der Waals surface area contributed by atoms with Crippen LogP contribution in [-0.2, 0) is 16.1 Å². The van der Waals surface area contributed by atoms with Crippen LogP contribution in [-0.4, -0.2) is 23.2 Å². The van der Waals surface area contributed by atoms with Crippen molar-refractivity contribution in [3.8, 4) is 0 Å². The van der Waals surface area contributed by atoms with E-state index in [1.807, 2.05) is 48.0 Å². The molecule has 0 radical (unpaired) electrons. The summed E-state index contributed by atoms with van der Waals surface area (Å²) < 4.78 is 0. The van der Waals surface area contributed by atoms with E-state index in [0.717, 1.165) is 19.5 Å². The molecule has 3 N–H and O–H groups in total. The van der Waals surface area contributed by atoms with Crippen molar-refractivity contribution in [2.24, 2.45) is 0 Å². The Kier molecular flexibility index (Phi) is 6.68. The number of thiophene rings is 2. The second-order valence-electron chi connectivity index (χ2n) is 5.56. The quantitative estimate of drug-likeness (QED) is 0.419. The Bertz CT molecular complexity index is 922. The van der Waals surface area contributed by atoms with Crippen molar-refractivity contribution in [1.82, 2.24) is 5.32 Å². The largest absolute Gasteiger partial charge is 0.382 e. The van der Waals surface area contributed by atoms with Crippen molar-refractivity contribution in [1.29, 1.82) is 0 Å². The van der Waals surface area contributed by atoms with Crippen LogP contribution in [0.25, 0.3) is 0 Å². The molecule has 0 saturated heterocycles. The first-order valence-corrected chi connectivity index (χ1v) is 11.0. The highest BCUT2D eigenvalue weighted by molar-refractivity contribution is 7.98. The Labute approximate surface area is 169 Å². The highest BCUT2D eigenvalue weighted by atomic mass is 32.2. The standard InChI is InChI=1S/C19H18N2O3S3/c1-25-14-6-3-2-5-13(14)21-19(24)18(23)20-11-12-8-9-16(27-12)17(22)15-7-4-10-26-15/h2-10,17,22H,11H2,1H3,(H,20,23)(H,21,24)/t17-/m1/s1. The SMILES string of the molecule is CSc1ccccc1NC(=O)C(=O)NCc1ccc([C@H](O)c2cccs2)s1. The Morgan fingerprint density at radius 2 is 1.89 bits per heavy atom. The molecule has 3 aromatic rings. The van der Waals surface area contributed by atoms with Gasteiger partial charge in [0.2, 0.25) is 0 Å². The maximum absolute atomic E-state index is 12.1. The molecule has 0 aliphatic carbocycles. The number of aliphatic hydroxyl groups is 1. The summed E-state index contributed by atoms with van der Waals surface area (Å²) in [5.74, 6) is -1.40. The van der Waals surface area contributed by atoms with Gasteiger partial charge in [-0.25, -0.2) is 0 Å². The van der Waals surface area contributed by atoms with Crippen LogP contribution < -0.4 is 10.6 Å². The molecule has 0 spiro atoms. The van der Waals surface area contributed by atoms with Crippen LogP contribution in [0.1, 0.15) is 20.7 Å². The lowest BCUT2D eigenvalue weighted by Gasteiger charge is -2.09. The Hall–Kier alpha value is -2.13. The zero-order chi connectivity index (χ0) is 19.2. The molecule has 0 saturated carbocycles. The highest BCUT2D eigenvalue weighted by Gasteiger charge is 2.17. The third-order valence-electron chi connectivity index (χ3n) is 3.75. The third kappa shape index (κ3) is 4.98. The highest BCUT2D eigenvalue weighted by Crippen LogP contribution is 2.30. The summed E-state index contributed by atoms with van der Waals surface area (Å²) in [6.45, 7) is 0.234. The summed E-state index contributed by atoms with van der Waals surface area (Å²) in [7, 11) is 0. The van der Waals surface area contributed by atoms with Gasteiger partial charge in [-0.05, 0) is 42.0 Å². The smallest absolute Gasteiger partial charge is 0.313 e. The number of rotatable bonds is 6. The number of amides is 2. The number of hydrogen-bond acceptors (Lipinski definition) is 6. The Balaban J connectivity index is 1.55. The van der Waals surface area contributed by atoms with Crippen molar-refractivity contribution in [3.05, 3.63) is 68.5 Å². The van der Waals surface area contributed by atoms with Gasteiger partial charge in [0, 0.05) is 19.5 Å².